The Bertz CT molecular complexity index is 531. The second kappa shape index (κ2) is 9.15. The van der Waals surface area contributed by atoms with E-state index in [1.54, 1.807) is 38.4 Å². The number of benzene rings is 1. The fourth-order valence-electron chi connectivity index (χ4n) is 2.04. The molecule has 128 valence electrons. The number of likely N-dealkylation sites (N-methyl/N-ethyl adjacent to an activating group) is 1. The fourth-order valence-corrected chi connectivity index (χ4v) is 2.04. The van der Waals surface area contributed by atoms with Crippen LogP contribution in [0.25, 0.3) is 0 Å². The van der Waals surface area contributed by atoms with Gasteiger partial charge in [0, 0.05) is 44.5 Å². The molecule has 1 unspecified atom stereocenters. The summed E-state index contributed by atoms with van der Waals surface area (Å²) < 4.78 is 0. The molecule has 1 aromatic rings. The van der Waals surface area contributed by atoms with Crippen molar-refractivity contribution >= 4 is 17.6 Å². The number of nitrogens with zero attached hydrogens (tertiary/aromatic N) is 2. The highest BCUT2D eigenvalue weighted by Crippen LogP contribution is 2.11. The Balaban J connectivity index is 2.49. The van der Waals surface area contributed by atoms with Gasteiger partial charge in [-0.3, -0.25) is 4.79 Å². The molecule has 2 N–H and O–H groups in total. The SMILES string of the molecule is CCC(C)N(C)CCNC(=O)Nc1cccc(C(=O)N(C)C)c1. The average Bonchev–Trinajstić information content (AvgIpc) is 2.53. The van der Waals surface area contributed by atoms with Gasteiger partial charge in [0.1, 0.15) is 0 Å². The molecule has 0 aromatic heterocycles. The minimum absolute atomic E-state index is 0.0933. The molecule has 1 aromatic carbocycles. The predicted octanol–water partition coefficient (Wildman–Crippen LogP) is 2.24. The van der Waals surface area contributed by atoms with Crippen molar-refractivity contribution in [1.82, 2.24) is 15.1 Å². The van der Waals surface area contributed by atoms with Crippen LogP contribution in [0.15, 0.2) is 24.3 Å². The predicted molar refractivity (Wildman–Crippen MR) is 93.9 cm³/mol. The standard InChI is InChI=1S/C17H28N4O2/c1-6-13(2)21(5)11-10-18-17(23)19-15-9-7-8-14(12-15)16(22)20(3)4/h7-9,12-13H,6,10-11H2,1-5H3,(H2,18,19,23). The normalized spacial score (nSPS) is 11.9. The van der Waals surface area contributed by atoms with Crippen molar-refractivity contribution < 1.29 is 9.59 Å². The number of amides is 3. The third-order valence-electron chi connectivity index (χ3n) is 3.87. The van der Waals surface area contributed by atoms with Crippen LogP contribution in [0.1, 0.15) is 30.6 Å². The van der Waals surface area contributed by atoms with E-state index >= 15 is 0 Å². The summed E-state index contributed by atoms with van der Waals surface area (Å²) in [6.45, 7) is 5.67. The summed E-state index contributed by atoms with van der Waals surface area (Å²) in [4.78, 5) is 27.5. The van der Waals surface area contributed by atoms with Crippen LogP contribution in [0.3, 0.4) is 0 Å². The molecular formula is C17H28N4O2. The minimum Gasteiger partial charge on any atom is -0.345 e. The van der Waals surface area contributed by atoms with Crippen LogP contribution in [0.2, 0.25) is 0 Å². The number of anilines is 1. The summed E-state index contributed by atoms with van der Waals surface area (Å²) >= 11 is 0. The van der Waals surface area contributed by atoms with Crippen LogP contribution >= 0.6 is 0 Å². The summed E-state index contributed by atoms with van der Waals surface area (Å²) in [5, 5.41) is 5.58. The van der Waals surface area contributed by atoms with Crippen molar-refractivity contribution in [3.8, 4) is 0 Å². The molecule has 0 bridgehead atoms. The van der Waals surface area contributed by atoms with E-state index in [9.17, 15) is 9.59 Å². The maximum Gasteiger partial charge on any atom is 0.319 e. The first kappa shape index (κ1) is 19.0. The first-order valence-electron chi connectivity index (χ1n) is 7.92. The summed E-state index contributed by atoms with van der Waals surface area (Å²) in [7, 11) is 5.44. The van der Waals surface area contributed by atoms with Gasteiger partial charge in [-0.25, -0.2) is 4.79 Å². The zero-order chi connectivity index (χ0) is 17.4. The van der Waals surface area contributed by atoms with Gasteiger partial charge in [0.25, 0.3) is 5.91 Å². The zero-order valence-electron chi connectivity index (χ0n) is 14.7. The second-order valence-electron chi connectivity index (χ2n) is 5.90. The monoisotopic (exact) mass is 320 g/mol. The topological polar surface area (TPSA) is 64.7 Å². The number of nitrogens with one attached hydrogen (secondary N) is 2. The molecule has 0 aliphatic heterocycles. The van der Waals surface area contributed by atoms with E-state index < -0.39 is 0 Å². The minimum atomic E-state index is -0.267. The van der Waals surface area contributed by atoms with E-state index in [2.05, 4.69) is 29.4 Å². The molecule has 0 fully saturated rings. The first-order chi connectivity index (χ1) is 10.8. The molecule has 0 aliphatic rings. The number of rotatable bonds is 7. The Labute approximate surface area is 138 Å². The van der Waals surface area contributed by atoms with Crippen LogP contribution in [0.5, 0.6) is 0 Å². The third-order valence-corrected chi connectivity index (χ3v) is 3.87. The number of carbonyl (C=O) groups is 2. The van der Waals surface area contributed by atoms with Crippen LogP contribution in [0.4, 0.5) is 10.5 Å². The van der Waals surface area contributed by atoms with E-state index in [4.69, 9.17) is 0 Å². The molecule has 0 aliphatic carbocycles. The van der Waals surface area contributed by atoms with Crippen molar-refractivity contribution in [2.24, 2.45) is 0 Å². The maximum absolute atomic E-state index is 11.9. The summed E-state index contributed by atoms with van der Waals surface area (Å²) in [5.41, 5.74) is 1.15. The fraction of sp³-hybridized carbons (Fsp3) is 0.529. The van der Waals surface area contributed by atoms with Crippen LogP contribution in [0, 0.1) is 0 Å². The summed E-state index contributed by atoms with van der Waals surface area (Å²) in [6, 6.07) is 7.14. The number of carbonyl (C=O) groups excluding carboxylic acids is 2. The van der Waals surface area contributed by atoms with Gasteiger partial charge in [-0.1, -0.05) is 13.0 Å². The highest BCUT2D eigenvalue weighted by molar-refractivity contribution is 5.96. The largest absolute Gasteiger partial charge is 0.345 e. The van der Waals surface area contributed by atoms with Gasteiger partial charge in [0.05, 0.1) is 0 Å². The lowest BCUT2D eigenvalue weighted by molar-refractivity contribution is 0.0827. The molecule has 0 saturated carbocycles. The average molecular weight is 320 g/mol. The number of hydrogen-bond donors (Lipinski definition) is 2. The van der Waals surface area contributed by atoms with Gasteiger partial charge in [-0.2, -0.15) is 0 Å². The van der Waals surface area contributed by atoms with Crippen LogP contribution in [-0.4, -0.2) is 62.0 Å². The molecule has 1 atom stereocenters. The lowest BCUT2D eigenvalue weighted by atomic mass is 10.2. The van der Waals surface area contributed by atoms with Gasteiger partial charge in [-0.15, -0.1) is 0 Å². The number of urea groups is 1. The van der Waals surface area contributed by atoms with Crippen molar-refractivity contribution in [1.29, 1.82) is 0 Å². The summed E-state index contributed by atoms with van der Waals surface area (Å²) in [5.74, 6) is -0.0933. The molecule has 6 heteroatoms. The van der Waals surface area contributed by atoms with Crippen molar-refractivity contribution in [3.63, 3.8) is 0 Å². The molecule has 0 spiro atoms. The Hall–Kier alpha value is -2.08. The quantitative estimate of drug-likeness (QED) is 0.810. The highest BCUT2D eigenvalue weighted by Gasteiger charge is 2.10. The van der Waals surface area contributed by atoms with Gasteiger partial charge >= 0.3 is 6.03 Å². The second-order valence-corrected chi connectivity index (χ2v) is 5.90. The van der Waals surface area contributed by atoms with Crippen molar-refractivity contribution in [3.05, 3.63) is 29.8 Å². The zero-order valence-corrected chi connectivity index (χ0v) is 14.7. The molecule has 6 nitrogen and oxygen atoms in total. The van der Waals surface area contributed by atoms with E-state index in [1.807, 2.05) is 7.05 Å². The first-order valence-corrected chi connectivity index (χ1v) is 7.92. The molecular weight excluding hydrogens is 292 g/mol. The van der Waals surface area contributed by atoms with Gasteiger partial charge in [-0.05, 0) is 38.6 Å². The Morgan fingerprint density at radius 2 is 1.91 bits per heavy atom. The highest BCUT2D eigenvalue weighted by atomic mass is 16.2. The number of hydrogen-bond acceptors (Lipinski definition) is 3. The van der Waals surface area contributed by atoms with E-state index in [1.165, 1.54) is 4.90 Å². The van der Waals surface area contributed by atoms with Crippen molar-refractivity contribution in [2.75, 3.05) is 39.5 Å². The molecule has 0 heterocycles. The van der Waals surface area contributed by atoms with Gasteiger partial charge < -0.3 is 20.4 Å². The Morgan fingerprint density at radius 3 is 2.52 bits per heavy atom. The van der Waals surface area contributed by atoms with E-state index in [0.717, 1.165) is 13.0 Å². The molecule has 3 amide bonds. The Morgan fingerprint density at radius 1 is 1.22 bits per heavy atom. The van der Waals surface area contributed by atoms with Crippen molar-refractivity contribution in [2.45, 2.75) is 26.3 Å². The van der Waals surface area contributed by atoms with E-state index in [0.29, 0.717) is 23.8 Å². The maximum atomic E-state index is 11.9. The lowest BCUT2D eigenvalue weighted by Crippen LogP contribution is -2.38. The van der Waals surface area contributed by atoms with Gasteiger partial charge in [0.15, 0.2) is 0 Å². The summed E-state index contributed by atoms with van der Waals surface area (Å²) in [6.07, 6.45) is 1.08. The Kier molecular flexibility index (Phi) is 7.54. The van der Waals surface area contributed by atoms with Gasteiger partial charge in [0.2, 0.25) is 0 Å². The van der Waals surface area contributed by atoms with Crippen LogP contribution < -0.4 is 10.6 Å². The third kappa shape index (κ3) is 6.28. The smallest absolute Gasteiger partial charge is 0.319 e. The van der Waals surface area contributed by atoms with Crippen LogP contribution in [-0.2, 0) is 0 Å². The lowest BCUT2D eigenvalue weighted by Gasteiger charge is -2.23. The molecule has 0 radical (unpaired) electrons. The molecule has 0 saturated heterocycles. The van der Waals surface area contributed by atoms with E-state index in [-0.39, 0.29) is 11.9 Å². The molecule has 23 heavy (non-hydrogen) atoms. The molecule has 1 rings (SSSR count).